The van der Waals surface area contributed by atoms with Crippen LogP contribution in [0.5, 0.6) is 0 Å². The predicted octanol–water partition coefficient (Wildman–Crippen LogP) is 1.20. The van der Waals surface area contributed by atoms with Gasteiger partial charge >= 0.3 is 0 Å². The zero-order valence-corrected chi connectivity index (χ0v) is 11.1. The van der Waals surface area contributed by atoms with Crippen LogP contribution in [-0.2, 0) is 11.3 Å². The first kappa shape index (κ1) is 12.6. The van der Waals surface area contributed by atoms with Crippen molar-refractivity contribution in [2.45, 2.75) is 13.5 Å². The highest BCUT2D eigenvalue weighted by Gasteiger charge is 2.15. The molecule has 0 aliphatic carbocycles. The van der Waals surface area contributed by atoms with Crippen LogP contribution in [0.25, 0.3) is 10.2 Å². The Kier molecular flexibility index (Phi) is 3.66. The van der Waals surface area contributed by atoms with Gasteiger partial charge in [0.05, 0.1) is 16.8 Å². The van der Waals surface area contributed by atoms with Gasteiger partial charge in [-0.2, -0.15) is 0 Å². The van der Waals surface area contributed by atoms with Crippen molar-refractivity contribution >= 4 is 33.4 Å². The van der Waals surface area contributed by atoms with Gasteiger partial charge in [0, 0.05) is 13.6 Å². The van der Waals surface area contributed by atoms with E-state index in [1.54, 1.807) is 18.4 Å². The number of aromatic nitrogens is 1. The molecule has 0 aliphatic heterocycles. The number of carbonyl (C=O) groups excluding carboxylic acids is 2. The summed E-state index contributed by atoms with van der Waals surface area (Å²) in [6.07, 6.45) is 0. The normalized spacial score (nSPS) is 10.6. The van der Waals surface area contributed by atoms with Crippen molar-refractivity contribution in [1.82, 2.24) is 15.2 Å². The summed E-state index contributed by atoms with van der Waals surface area (Å²) >= 11 is 1.60. The Labute approximate surface area is 109 Å². The SMILES string of the molecule is CCn1c(C(=O)NCC(=O)NC)cc2sccc21. The second-order valence-corrected chi connectivity index (χ2v) is 4.75. The number of hydrogen-bond donors (Lipinski definition) is 2. The topological polar surface area (TPSA) is 63.1 Å². The van der Waals surface area contributed by atoms with E-state index in [2.05, 4.69) is 10.6 Å². The van der Waals surface area contributed by atoms with Crippen LogP contribution >= 0.6 is 11.3 Å². The number of aryl methyl sites for hydroxylation is 1. The molecule has 2 heterocycles. The van der Waals surface area contributed by atoms with Crippen LogP contribution < -0.4 is 10.6 Å². The van der Waals surface area contributed by atoms with Crippen molar-refractivity contribution in [2.75, 3.05) is 13.6 Å². The zero-order valence-electron chi connectivity index (χ0n) is 10.3. The first-order valence-corrected chi connectivity index (χ1v) is 6.60. The highest BCUT2D eigenvalue weighted by molar-refractivity contribution is 7.17. The van der Waals surface area contributed by atoms with Crippen molar-refractivity contribution < 1.29 is 9.59 Å². The van der Waals surface area contributed by atoms with Gasteiger partial charge in [-0.1, -0.05) is 0 Å². The van der Waals surface area contributed by atoms with Gasteiger partial charge in [0.2, 0.25) is 5.91 Å². The van der Waals surface area contributed by atoms with Crippen molar-refractivity contribution in [1.29, 1.82) is 0 Å². The first-order valence-electron chi connectivity index (χ1n) is 5.73. The summed E-state index contributed by atoms with van der Waals surface area (Å²) in [6, 6.07) is 3.86. The largest absolute Gasteiger partial charge is 0.358 e. The molecule has 0 fully saturated rings. The second kappa shape index (κ2) is 5.22. The molecule has 0 spiro atoms. The van der Waals surface area contributed by atoms with Gasteiger partial charge in [-0.15, -0.1) is 11.3 Å². The Morgan fingerprint density at radius 1 is 1.44 bits per heavy atom. The number of thiophene rings is 1. The number of hydrogen-bond acceptors (Lipinski definition) is 3. The van der Waals surface area contributed by atoms with E-state index >= 15 is 0 Å². The first-order chi connectivity index (χ1) is 8.67. The summed E-state index contributed by atoms with van der Waals surface area (Å²) in [6.45, 7) is 2.72. The zero-order chi connectivity index (χ0) is 13.1. The second-order valence-electron chi connectivity index (χ2n) is 3.80. The standard InChI is InChI=1S/C12H15N3O2S/c1-3-15-8-4-5-18-10(8)6-9(15)12(17)14-7-11(16)13-2/h4-6H,3,7H2,1-2H3,(H,13,16)(H,14,17). The van der Waals surface area contributed by atoms with E-state index in [1.807, 2.05) is 29.0 Å². The summed E-state index contributed by atoms with van der Waals surface area (Å²) in [4.78, 5) is 23.1. The summed E-state index contributed by atoms with van der Waals surface area (Å²) in [7, 11) is 1.54. The van der Waals surface area contributed by atoms with Crippen LogP contribution in [0.15, 0.2) is 17.5 Å². The quantitative estimate of drug-likeness (QED) is 0.872. The smallest absolute Gasteiger partial charge is 0.268 e. The Morgan fingerprint density at radius 3 is 2.89 bits per heavy atom. The van der Waals surface area contributed by atoms with Crippen molar-refractivity contribution in [3.05, 3.63) is 23.2 Å². The van der Waals surface area contributed by atoms with Gasteiger partial charge in [0.15, 0.2) is 0 Å². The lowest BCUT2D eigenvalue weighted by atomic mass is 10.4. The van der Waals surface area contributed by atoms with Crippen LogP contribution in [0.4, 0.5) is 0 Å². The third kappa shape index (κ3) is 2.24. The Morgan fingerprint density at radius 2 is 2.22 bits per heavy atom. The summed E-state index contributed by atoms with van der Waals surface area (Å²) in [5, 5.41) is 7.07. The maximum absolute atomic E-state index is 12.0. The average Bonchev–Trinajstić information content (AvgIpc) is 2.94. The number of nitrogens with one attached hydrogen (secondary N) is 2. The van der Waals surface area contributed by atoms with Gasteiger partial charge in [-0.3, -0.25) is 9.59 Å². The van der Waals surface area contributed by atoms with Crippen molar-refractivity contribution in [3.8, 4) is 0 Å². The molecular weight excluding hydrogens is 250 g/mol. The molecule has 18 heavy (non-hydrogen) atoms. The minimum Gasteiger partial charge on any atom is -0.358 e. The summed E-state index contributed by atoms with van der Waals surface area (Å²) in [5.74, 6) is -0.427. The van der Waals surface area contributed by atoms with Crippen LogP contribution in [-0.4, -0.2) is 30.0 Å². The van der Waals surface area contributed by atoms with E-state index in [-0.39, 0.29) is 18.4 Å². The molecular formula is C12H15N3O2S. The van der Waals surface area contributed by atoms with E-state index in [1.165, 1.54) is 0 Å². The van der Waals surface area contributed by atoms with Crippen LogP contribution in [0.2, 0.25) is 0 Å². The summed E-state index contributed by atoms with van der Waals surface area (Å²) < 4.78 is 3.03. The lowest BCUT2D eigenvalue weighted by molar-refractivity contribution is -0.119. The number of nitrogens with zero attached hydrogens (tertiary/aromatic N) is 1. The molecule has 0 bridgehead atoms. The molecule has 96 valence electrons. The van der Waals surface area contributed by atoms with E-state index in [0.717, 1.165) is 16.8 Å². The van der Waals surface area contributed by atoms with Gasteiger partial charge < -0.3 is 15.2 Å². The highest BCUT2D eigenvalue weighted by atomic mass is 32.1. The molecule has 2 aromatic heterocycles. The molecule has 0 aliphatic rings. The molecule has 0 aromatic carbocycles. The molecule has 6 heteroatoms. The van der Waals surface area contributed by atoms with E-state index < -0.39 is 0 Å². The van der Waals surface area contributed by atoms with Crippen LogP contribution in [0.1, 0.15) is 17.4 Å². The molecule has 2 rings (SSSR count). The third-order valence-electron chi connectivity index (χ3n) is 2.76. The number of amides is 2. The number of fused-ring (bicyclic) bond motifs is 1. The monoisotopic (exact) mass is 265 g/mol. The molecule has 0 unspecified atom stereocenters. The van der Waals surface area contributed by atoms with Gasteiger partial charge in [0.25, 0.3) is 5.91 Å². The fraction of sp³-hybridized carbons (Fsp3) is 0.333. The lowest BCUT2D eigenvalue weighted by Gasteiger charge is -2.07. The highest BCUT2D eigenvalue weighted by Crippen LogP contribution is 2.25. The molecule has 5 nitrogen and oxygen atoms in total. The molecule has 0 atom stereocenters. The fourth-order valence-corrected chi connectivity index (χ4v) is 2.67. The molecule has 2 N–H and O–H groups in total. The van der Waals surface area contributed by atoms with Gasteiger partial charge in [-0.25, -0.2) is 0 Å². The summed E-state index contributed by atoms with van der Waals surface area (Å²) in [5.41, 5.74) is 1.66. The molecule has 2 amide bonds. The molecule has 0 radical (unpaired) electrons. The molecule has 0 saturated carbocycles. The van der Waals surface area contributed by atoms with Crippen LogP contribution in [0, 0.1) is 0 Å². The predicted molar refractivity (Wildman–Crippen MR) is 71.9 cm³/mol. The molecule has 2 aromatic rings. The fourth-order valence-electron chi connectivity index (χ4n) is 1.85. The molecule has 0 saturated heterocycles. The minimum atomic E-state index is -0.219. The number of rotatable bonds is 4. The van der Waals surface area contributed by atoms with Crippen molar-refractivity contribution in [2.24, 2.45) is 0 Å². The average molecular weight is 265 g/mol. The minimum absolute atomic E-state index is 0.00211. The van der Waals surface area contributed by atoms with E-state index in [4.69, 9.17) is 0 Å². The van der Waals surface area contributed by atoms with Gasteiger partial charge in [-0.05, 0) is 24.4 Å². The Bertz CT molecular complexity index is 585. The lowest BCUT2D eigenvalue weighted by Crippen LogP contribution is -2.35. The number of carbonyl (C=O) groups is 2. The number of likely N-dealkylation sites (N-methyl/N-ethyl adjacent to an activating group) is 1. The Hall–Kier alpha value is -1.82. The van der Waals surface area contributed by atoms with E-state index in [0.29, 0.717) is 5.69 Å². The maximum Gasteiger partial charge on any atom is 0.268 e. The van der Waals surface area contributed by atoms with Gasteiger partial charge in [0.1, 0.15) is 5.69 Å². The third-order valence-corrected chi connectivity index (χ3v) is 3.61. The van der Waals surface area contributed by atoms with E-state index in [9.17, 15) is 9.59 Å². The Balaban J connectivity index is 2.21. The van der Waals surface area contributed by atoms with Crippen LogP contribution in [0.3, 0.4) is 0 Å². The van der Waals surface area contributed by atoms with Crippen molar-refractivity contribution in [3.63, 3.8) is 0 Å². The maximum atomic E-state index is 12.0.